The molecule has 0 spiro atoms. The lowest BCUT2D eigenvalue weighted by Crippen LogP contribution is -2.42. The molecule has 1 aromatic heterocycles. The average Bonchev–Trinajstić information content (AvgIpc) is 3.10. The van der Waals surface area contributed by atoms with Gasteiger partial charge in [0, 0.05) is 23.5 Å². The third-order valence-electron chi connectivity index (χ3n) is 3.93. The predicted molar refractivity (Wildman–Crippen MR) is 110 cm³/mol. The Labute approximate surface area is 169 Å². The van der Waals surface area contributed by atoms with E-state index in [1.54, 1.807) is 29.6 Å². The minimum absolute atomic E-state index is 0.0721. The molecule has 150 valence electrons. The molecule has 0 radical (unpaired) electrons. The van der Waals surface area contributed by atoms with Crippen LogP contribution in [0.25, 0.3) is 0 Å². The molecule has 8 heteroatoms. The van der Waals surface area contributed by atoms with Crippen LogP contribution in [0.4, 0.5) is 5.13 Å². The van der Waals surface area contributed by atoms with Gasteiger partial charge in [-0.15, -0.1) is 11.3 Å². The van der Waals surface area contributed by atoms with Gasteiger partial charge in [-0.05, 0) is 32.4 Å². The molecular formula is C20H26N4O3S. The van der Waals surface area contributed by atoms with E-state index in [1.807, 2.05) is 26.8 Å². The highest BCUT2D eigenvalue weighted by Crippen LogP contribution is 2.16. The van der Waals surface area contributed by atoms with Crippen molar-refractivity contribution in [3.63, 3.8) is 0 Å². The van der Waals surface area contributed by atoms with Crippen molar-refractivity contribution in [3.8, 4) is 0 Å². The molecule has 0 saturated carbocycles. The lowest BCUT2D eigenvalue weighted by molar-refractivity contribution is -0.120. The maximum atomic E-state index is 12.7. The van der Waals surface area contributed by atoms with Gasteiger partial charge in [0.1, 0.15) is 6.54 Å². The summed E-state index contributed by atoms with van der Waals surface area (Å²) in [6, 6.07) is 8.75. The summed E-state index contributed by atoms with van der Waals surface area (Å²) in [5, 5.41) is 7.67. The highest BCUT2D eigenvalue weighted by molar-refractivity contribution is 7.13. The maximum Gasteiger partial charge on any atom is 0.254 e. The molecule has 2 N–H and O–H groups in total. The van der Waals surface area contributed by atoms with Gasteiger partial charge < -0.3 is 15.5 Å². The Balaban J connectivity index is 1.94. The second-order valence-corrected chi connectivity index (χ2v) is 7.47. The van der Waals surface area contributed by atoms with Gasteiger partial charge in [-0.1, -0.05) is 25.1 Å². The van der Waals surface area contributed by atoms with Crippen LogP contribution < -0.4 is 10.6 Å². The van der Waals surface area contributed by atoms with E-state index in [9.17, 15) is 14.4 Å². The fourth-order valence-electron chi connectivity index (χ4n) is 2.49. The van der Waals surface area contributed by atoms with Crippen molar-refractivity contribution in [2.45, 2.75) is 39.7 Å². The number of hydrogen-bond donors (Lipinski definition) is 2. The Morgan fingerprint density at radius 1 is 1.14 bits per heavy atom. The van der Waals surface area contributed by atoms with Crippen molar-refractivity contribution in [2.24, 2.45) is 0 Å². The normalized spacial score (nSPS) is 10.6. The number of nitrogens with zero attached hydrogens (tertiary/aromatic N) is 2. The summed E-state index contributed by atoms with van der Waals surface area (Å²) in [7, 11) is 0. The van der Waals surface area contributed by atoms with Gasteiger partial charge in [0.2, 0.25) is 11.8 Å². The second kappa shape index (κ2) is 10.6. The minimum atomic E-state index is -0.325. The van der Waals surface area contributed by atoms with E-state index >= 15 is 0 Å². The van der Waals surface area contributed by atoms with E-state index < -0.39 is 0 Å². The monoisotopic (exact) mass is 402 g/mol. The van der Waals surface area contributed by atoms with Crippen LogP contribution in [0, 0.1) is 0 Å². The summed E-state index contributed by atoms with van der Waals surface area (Å²) < 4.78 is 0. The first kappa shape index (κ1) is 21.6. The summed E-state index contributed by atoms with van der Waals surface area (Å²) in [5.41, 5.74) is 1.15. The highest BCUT2D eigenvalue weighted by atomic mass is 32.1. The molecule has 2 rings (SSSR count). The van der Waals surface area contributed by atoms with Gasteiger partial charge >= 0.3 is 0 Å². The molecule has 28 heavy (non-hydrogen) atoms. The topological polar surface area (TPSA) is 91.4 Å². The van der Waals surface area contributed by atoms with Crippen molar-refractivity contribution in [1.29, 1.82) is 0 Å². The SMILES string of the molecule is CCCNC(=O)Cc1csc(NC(=O)CN(C(=O)c2ccccc2)C(C)C)n1. The summed E-state index contributed by atoms with van der Waals surface area (Å²) in [6.45, 7) is 6.28. The van der Waals surface area contributed by atoms with E-state index in [0.29, 0.717) is 22.9 Å². The number of hydrogen-bond acceptors (Lipinski definition) is 5. The van der Waals surface area contributed by atoms with E-state index in [1.165, 1.54) is 16.2 Å². The van der Waals surface area contributed by atoms with Crippen molar-refractivity contribution >= 4 is 34.2 Å². The predicted octanol–water partition coefficient (Wildman–Crippen LogP) is 2.70. The number of carbonyl (C=O) groups is 3. The number of thiazole rings is 1. The van der Waals surface area contributed by atoms with Crippen molar-refractivity contribution < 1.29 is 14.4 Å². The molecule has 1 aromatic carbocycles. The lowest BCUT2D eigenvalue weighted by Gasteiger charge is -2.26. The second-order valence-electron chi connectivity index (χ2n) is 6.61. The van der Waals surface area contributed by atoms with Crippen LogP contribution in [0.1, 0.15) is 43.2 Å². The molecule has 0 atom stereocenters. The molecule has 0 bridgehead atoms. The molecule has 3 amide bonds. The summed E-state index contributed by atoms with van der Waals surface area (Å²) >= 11 is 1.26. The quantitative estimate of drug-likeness (QED) is 0.675. The van der Waals surface area contributed by atoms with Gasteiger partial charge in [-0.2, -0.15) is 0 Å². The van der Waals surface area contributed by atoms with Gasteiger partial charge in [-0.25, -0.2) is 4.98 Å². The first-order valence-corrected chi connectivity index (χ1v) is 10.2. The van der Waals surface area contributed by atoms with Gasteiger partial charge in [-0.3, -0.25) is 14.4 Å². The first-order valence-electron chi connectivity index (χ1n) is 9.27. The molecule has 0 unspecified atom stereocenters. The molecule has 0 saturated heterocycles. The maximum absolute atomic E-state index is 12.7. The zero-order chi connectivity index (χ0) is 20.5. The number of anilines is 1. The van der Waals surface area contributed by atoms with Crippen LogP contribution in [0.15, 0.2) is 35.7 Å². The third kappa shape index (κ3) is 6.45. The molecule has 2 aromatic rings. The van der Waals surface area contributed by atoms with Crippen LogP contribution in [-0.2, 0) is 16.0 Å². The number of benzene rings is 1. The van der Waals surface area contributed by atoms with Crippen LogP contribution >= 0.6 is 11.3 Å². The van der Waals surface area contributed by atoms with E-state index in [0.717, 1.165) is 6.42 Å². The van der Waals surface area contributed by atoms with Gasteiger partial charge in [0.15, 0.2) is 5.13 Å². The fraction of sp³-hybridized carbons (Fsp3) is 0.400. The van der Waals surface area contributed by atoms with Crippen LogP contribution in [0.5, 0.6) is 0 Å². The molecule has 7 nitrogen and oxygen atoms in total. The zero-order valence-corrected chi connectivity index (χ0v) is 17.2. The summed E-state index contributed by atoms with van der Waals surface area (Å²) in [6.07, 6.45) is 1.05. The lowest BCUT2D eigenvalue weighted by atomic mass is 10.1. The Bertz CT molecular complexity index is 805. The fourth-order valence-corrected chi connectivity index (χ4v) is 3.21. The highest BCUT2D eigenvalue weighted by Gasteiger charge is 2.22. The number of amides is 3. The molecule has 0 aliphatic heterocycles. The van der Waals surface area contributed by atoms with Crippen molar-refractivity contribution in [2.75, 3.05) is 18.4 Å². The Kier molecular flexibility index (Phi) is 8.13. The van der Waals surface area contributed by atoms with Crippen LogP contribution in [-0.4, -0.2) is 46.7 Å². The molecule has 0 aliphatic carbocycles. The number of rotatable bonds is 9. The van der Waals surface area contributed by atoms with Gasteiger partial charge in [0.05, 0.1) is 12.1 Å². The average molecular weight is 403 g/mol. The summed E-state index contributed by atoms with van der Waals surface area (Å²) in [5.74, 6) is -0.614. The number of aromatic nitrogens is 1. The van der Waals surface area contributed by atoms with E-state index in [-0.39, 0.29) is 36.7 Å². The van der Waals surface area contributed by atoms with E-state index in [2.05, 4.69) is 15.6 Å². The zero-order valence-electron chi connectivity index (χ0n) is 16.4. The molecule has 0 fully saturated rings. The minimum Gasteiger partial charge on any atom is -0.356 e. The van der Waals surface area contributed by atoms with Crippen molar-refractivity contribution in [3.05, 3.63) is 47.0 Å². The number of carbonyl (C=O) groups excluding carboxylic acids is 3. The molecular weight excluding hydrogens is 376 g/mol. The van der Waals surface area contributed by atoms with Crippen LogP contribution in [0.2, 0.25) is 0 Å². The third-order valence-corrected chi connectivity index (χ3v) is 4.74. The largest absolute Gasteiger partial charge is 0.356 e. The van der Waals surface area contributed by atoms with Gasteiger partial charge in [0.25, 0.3) is 5.91 Å². The van der Waals surface area contributed by atoms with Crippen LogP contribution in [0.3, 0.4) is 0 Å². The smallest absolute Gasteiger partial charge is 0.254 e. The molecule has 1 heterocycles. The first-order chi connectivity index (χ1) is 13.4. The summed E-state index contributed by atoms with van der Waals surface area (Å²) in [4.78, 5) is 42.6. The standard InChI is InChI=1S/C20H26N4O3S/c1-4-10-21-17(25)11-16-13-28-20(22-16)23-18(26)12-24(14(2)3)19(27)15-8-6-5-7-9-15/h5-9,13-14H,4,10-12H2,1-3H3,(H,21,25)(H,22,23,26). The Morgan fingerprint density at radius 2 is 1.86 bits per heavy atom. The van der Waals surface area contributed by atoms with Crippen molar-refractivity contribution in [1.82, 2.24) is 15.2 Å². The Morgan fingerprint density at radius 3 is 2.50 bits per heavy atom. The molecule has 0 aliphatic rings. The van der Waals surface area contributed by atoms with E-state index in [4.69, 9.17) is 0 Å². The Hall–Kier alpha value is -2.74. The number of nitrogens with one attached hydrogen (secondary N) is 2.